The molecule has 1 aromatic rings. The molecule has 3 rings (SSSR count). The summed E-state index contributed by atoms with van der Waals surface area (Å²) in [5.41, 5.74) is 2.33. The number of carbonyl (C=O) groups excluding carboxylic acids is 2. The largest absolute Gasteiger partial charge is 0.369 e. The molecule has 1 aromatic carbocycles. The standard InChI is InChI=1S/C23H35N3O3/c1-5-23(6-2)15-19(26(22(23)28)29-17-27)16-24-11-13-25(14-12-24)21-10-8-7-9-20(21)18(3)4/h7-10,17-19H,5-6,11-16H2,1-4H3/t19-/m1/s1. The molecule has 0 radical (unpaired) electrons. The molecule has 0 aromatic heterocycles. The van der Waals surface area contributed by atoms with E-state index in [1.165, 1.54) is 16.3 Å². The highest BCUT2D eigenvalue weighted by molar-refractivity contribution is 5.85. The Balaban J connectivity index is 1.64. The van der Waals surface area contributed by atoms with Crippen molar-refractivity contribution >= 4 is 18.1 Å². The third-order valence-corrected chi connectivity index (χ3v) is 6.86. The van der Waals surface area contributed by atoms with Crippen molar-refractivity contribution in [1.29, 1.82) is 0 Å². The fraction of sp³-hybridized carbons (Fsp3) is 0.652. The summed E-state index contributed by atoms with van der Waals surface area (Å²) < 4.78 is 0. The topological polar surface area (TPSA) is 53.1 Å². The maximum Gasteiger partial charge on any atom is 0.320 e. The molecule has 2 aliphatic heterocycles. The summed E-state index contributed by atoms with van der Waals surface area (Å²) in [7, 11) is 0. The molecule has 2 saturated heterocycles. The van der Waals surface area contributed by atoms with Crippen LogP contribution in [0.25, 0.3) is 0 Å². The van der Waals surface area contributed by atoms with Crippen LogP contribution in [0.5, 0.6) is 0 Å². The molecule has 29 heavy (non-hydrogen) atoms. The van der Waals surface area contributed by atoms with Crippen molar-refractivity contribution in [3.05, 3.63) is 29.8 Å². The van der Waals surface area contributed by atoms with E-state index in [1.807, 2.05) is 13.8 Å². The molecule has 6 nitrogen and oxygen atoms in total. The van der Waals surface area contributed by atoms with Gasteiger partial charge in [0.2, 0.25) is 0 Å². The van der Waals surface area contributed by atoms with E-state index in [9.17, 15) is 9.59 Å². The molecule has 160 valence electrons. The Morgan fingerprint density at radius 2 is 1.79 bits per heavy atom. The summed E-state index contributed by atoms with van der Waals surface area (Å²) in [6.45, 7) is 13.5. The third kappa shape index (κ3) is 4.27. The van der Waals surface area contributed by atoms with Crippen molar-refractivity contribution in [1.82, 2.24) is 9.96 Å². The van der Waals surface area contributed by atoms with Gasteiger partial charge in [0.15, 0.2) is 0 Å². The van der Waals surface area contributed by atoms with Gasteiger partial charge in [-0.15, -0.1) is 0 Å². The third-order valence-electron chi connectivity index (χ3n) is 6.86. The minimum absolute atomic E-state index is 0.0379. The lowest BCUT2D eigenvalue weighted by Crippen LogP contribution is -2.51. The first-order chi connectivity index (χ1) is 14.0. The Labute approximate surface area is 174 Å². The average molecular weight is 402 g/mol. The average Bonchev–Trinajstić information content (AvgIpc) is 3.00. The molecule has 1 amide bonds. The fourth-order valence-electron chi connectivity index (χ4n) is 4.91. The molecule has 2 aliphatic rings. The summed E-state index contributed by atoms with van der Waals surface area (Å²) in [6.07, 6.45) is 2.30. The number of amides is 1. The Morgan fingerprint density at radius 3 is 2.38 bits per heavy atom. The van der Waals surface area contributed by atoms with Gasteiger partial charge in [-0.2, -0.15) is 5.06 Å². The second-order valence-electron chi connectivity index (χ2n) is 8.68. The van der Waals surface area contributed by atoms with Gasteiger partial charge in [0.25, 0.3) is 5.91 Å². The fourth-order valence-corrected chi connectivity index (χ4v) is 4.91. The summed E-state index contributed by atoms with van der Waals surface area (Å²) in [6, 6.07) is 8.60. The van der Waals surface area contributed by atoms with Crippen LogP contribution in [0.1, 0.15) is 58.4 Å². The van der Waals surface area contributed by atoms with Crippen LogP contribution >= 0.6 is 0 Å². The van der Waals surface area contributed by atoms with E-state index in [0.29, 0.717) is 12.4 Å². The molecule has 2 heterocycles. The van der Waals surface area contributed by atoms with E-state index in [2.05, 4.69) is 47.9 Å². The van der Waals surface area contributed by atoms with Gasteiger partial charge in [0.05, 0.1) is 11.5 Å². The predicted molar refractivity (Wildman–Crippen MR) is 115 cm³/mol. The zero-order valence-corrected chi connectivity index (χ0v) is 18.3. The zero-order valence-electron chi connectivity index (χ0n) is 18.3. The smallest absolute Gasteiger partial charge is 0.320 e. The molecule has 0 aliphatic carbocycles. The number of hydrogen-bond donors (Lipinski definition) is 0. The normalized spacial score (nSPS) is 22.4. The Morgan fingerprint density at radius 1 is 1.14 bits per heavy atom. The summed E-state index contributed by atoms with van der Waals surface area (Å²) in [4.78, 5) is 33.9. The van der Waals surface area contributed by atoms with Gasteiger partial charge >= 0.3 is 6.47 Å². The molecule has 0 unspecified atom stereocenters. The van der Waals surface area contributed by atoms with Gasteiger partial charge in [-0.25, -0.2) is 0 Å². The van der Waals surface area contributed by atoms with E-state index >= 15 is 0 Å². The number of hydroxylamine groups is 2. The van der Waals surface area contributed by atoms with Gasteiger partial charge in [-0.3, -0.25) is 14.5 Å². The summed E-state index contributed by atoms with van der Waals surface area (Å²) in [5, 5.41) is 1.35. The molecule has 0 N–H and O–H groups in total. The van der Waals surface area contributed by atoms with Crippen LogP contribution in [0.15, 0.2) is 24.3 Å². The van der Waals surface area contributed by atoms with Crippen LogP contribution in [0.3, 0.4) is 0 Å². The second-order valence-corrected chi connectivity index (χ2v) is 8.68. The van der Waals surface area contributed by atoms with Crippen molar-refractivity contribution in [3.63, 3.8) is 0 Å². The predicted octanol–water partition coefficient (Wildman–Crippen LogP) is 3.43. The summed E-state index contributed by atoms with van der Waals surface area (Å²) in [5.74, 6) is 0.461. The lowest BCUT2D eigenvalue weighted by Gasteiger charge is -2.38. The van der Waals surface area contributed by atoms with Crippen LogP contribution in [0.2, 0.25) is 0 Å². The van der Waals surface area contributed by atoms with Crippen LogP contribution in [-0.2, 0) is 14.4 Å². The van der Waals surface area contributed by atoms with Crippen molar-refractivity contribution in [2.24, 2.45) is 5.41 Å². The number of para-hydroxylation sites is 1. The van der Waals surface area contributed by atoms with Gasteiger partial charge in [0.1, 0.15) is 0 Å². The van der Waals surface area contributed by atoms with Gasteiger partial charge in [-0.1, -0.05) is 45.9 Å². The number of carbonyl (C=O) groups is 2. The van der Waals surface area contributed by atoms with Crippen LogP contribution < -0.4 is 4.90 Å². The molecule has 2 fully saturated rings. The highest BCUT2D eigenvalue weighted by Crippen LogP contribution is 2.42. The monoisotopic (exact) mass is 401 g/mol. The molecule has 0 saturated carbocycles. The van der Waals surface area contributed by atoms with Gasteiger partial charge < -0.3 is 9.74 Å². The zero-order chi connectivity index (χ0) is 21.0. The van der Waals surface area contributed by atoms with Crippen molar-refractivity contribution in [2.45, 2.75) is 58.9 Å². The quantitative estimate of drug-likeness (QED) is 0.625. The van der Waals surface area contributed by atoms with Gasteiger partial charge in [0, 0.05) is 38.4 Å². The van der Waals surface area contributed by atoms with Crippen LogP contribution in [0, 0.1) is 5.41 Å². The molecule has 6 heteroatoms. The molecular weight excluding hydrogens is 366 g/mol. The van der Waals surface area contributed by atoms with Crippen molar-refractivity contribution in [2.75, 3.05) is 37.6 Å². The number of nitrogens with zero attached hydrogens (tertiary/aromatic N) is 3. The maximum absolute atomic E-state index is 12.9. The molecular formula is C23H35N3O3. The Kier molecular flexibility index (Phi) is 6.83. The van der Waals surface area contributed by atoms with Crippen LogP contribution in [0.4, 0.5) is 5.69 Å². The van der Waals surface area contributed by atoms with E-state index in [1.54, 1.807) is 0 Å². The molecule has 0 spiro atoms. The SMILES string of the molecule is CCC1(CC)C[C@H](CN2CCN(c3ccccc3C(C)C)CC2)N(OC=O)C1=O. The van der Waals surface area contributed by atoms with E-state index < -0.39 is 5.41 Å². The van der Waals surface area contributed by atoms with Gasteiger partial charge in [-0.05, 0) is 36.8 Å². The van der Waals surface area contributed by atoms with E-state index in [-0.39, 0.29) is 11.9 Å². The lowest BCUT2D eigenvalue weighted by molar-refractivity contribution is -0.192. The molecule has 0 bridgehead atoms. The number of piperazine rings is 1. The number of hydrogen-bond acceptors (Lipinski definition) is 5. The number of benzene rings is 1. The highest BCUT2D eigenvalue weighted by Gasteiger charge is 2.51. The first kappa shape index (κ1) is 21.6. The second kappa shape index (κ2) is 9.16. The van der Waals surface area contributed by atoms with Crippen molar-refractivity contribution in [3.8, 4) is 0 Å². The van der Waals surface area contributed by atoms with E-state index in [4.69, 9.17) is 4.84 Å². The summed E-state index contributed by atoms with van der Waals surface area (Å²) >= 11 is 0. The van der Waals surface area contributed by atoms with Crippen molar-refractivity contribution < 1.29 is 14.4 Å². The Bertz CT molecular complexity index is 709. The lowest BCUT2D eigenvalue weighted by atomic mass is 9.79. The number of anilines is 1. The minimum Gasteiger partial charge on any atom is -0.369 e. The highest BCUT2D eigenvalue weighted by atomic mass is 16.7. The first-order valence-corrected chi connectivity index (χ1v) is 11.0. The first-order valence-electron chi connectivity index (χ1n) is 11.0. The number of rotatable bonds is 8. The Hall–Kier alpha value is -2.08. The maximum atomic E-state index is 12.9. The minimum atomic E-state index is -0.397. The molecule has 1 atom stereocenters. The van der Waals surface area contributed by atoms with E-state index in [0.717, 1.165) is 52.0 Å². The van der Waals surface area contributed by atoms with Crippen LogP contribution in [-0.4, -0.2) is 61.1 Å².